The van der Waals surface area contributed by atoms with E-state index in [2.05, 4.69) is 20.2 Å². The third-order valence-corrected chi connectivity index (χ3v) is 9.76. The Kier molecular flexibility index (Phi) is 5.83. The fourth-order valence-electron chi connectivity index (χ4n) is 7.46. The summed E-state index contributed by atoms with van der Waals surface area (Å²) in [7, 11) is 0. The fraction of sp³-hybridized carbons (Fsp3) is 0.419. The van der Waals surface area contributed by atoms with Crippen LogP contribution in [-0.4, -0.2) is 69.6 Å². The Morgan fingerprint density at radius 2 is 1.90 bits per heavy atom. The molecule has 3 atom stereocenters. The van der Waals surface area contributed by atoms with Gasteiger partial charge < -0.3 is 19.9 Å². The molecule has 4 fully saturated rings. The number of benzene rings is 2. The molecule has 2 aromatic heterocycles. The Balaban J connectivity index is 1.25. The summed E-state index contributed by atoms with van der Waals surface area (Å²) in [5.41, 5.74) is 0.647. The van der Waals surface area contributed by atoms with Crippen LogP contribution in [0.5, 0.6) is 6.01 Å². The first kappa shape index (κ1) is 25.2. The van der Waals surface area contributed by atoms with Crippen molar-refractivity contribution in [2.24, 2.45) is 0 Å². The molecule has 0 radical (unpaired) electrons. The number of nitrogens with one attached hydrogen (secondary N) is 1. The molecule has 6 heterocycles. The number of fused-ring (bicyclic) bond motifs is 5. The van der Waals surface area contributed by atoms with Gasteiger partial charge in [0, 0.05) is 60.3 Å². The first-order valence-corrected chi connectivity index (χ1v) is 14.8. The molecule has 1 amide bonds. The molecule has 41 heavy (non-hydrogen) atoms. The fourth-order valence-corrected chi connectivity index (χ4v) is 7.74. The van der Waals surface area contributed by atoms with E-state index in [0.717, 1.165) is 62.5 Å². The Bertz CT molecular complexity index is 1700. The molecule has 4 aliphatic heterocycles. The van der Waals surface area contributed by atoms with Crippen molar-refractivity contribution in [3.63, 3.8) is 0 Å². The summed E-state index contributed by atoms with van der Waals surface area (Å²) in [5.74, 6) is 0.289. The molecule has 8 rings (SSSR count). The zero-order valence-corrected chi connectivity index (χ0v) is 23.3. The molecule has 0 aliphatic carbocycles. The van der Waals surface area contributed by atoms with Crippen LogP contribution in [0.4, 0.5) is 10.2 Å². The lowest BCUT2D eigenvalue weighted by atomic mass is 9.95. The quantitative estimate of drug-likeness (QED) is 0.356. The Morgan fingerprint density at radius 1 is 1.10 bits per heavy atom. The lowest BCUT2D eigenvalue weighted by Gasteiger charge is -2.34. The third kappa shape index (κ3) is 4.04. The summed E-state index contributed by atoms with van der Waals surface area (Å²) >= 11 is 6.59. The van der Waals surface area contributed by atoms with Crippen LogP contribution in [0.3, 0.4) is 0 Å². The molecule has 10 heteroatoms. The summed E-state index contributed by atoms with van der Waals surface area (Å²) in [6, 6.07) is 12.2. The Morgan fingerprint density at radius 3 is 2.73 bits per heavy atom. The predicted octanol–water partition coefficient (Wildman–Crippen LogP) is 5.11. The molecular weight excluding hydrogens is 543 g/mol. The predicted molar refractivity (Wildman–Crippen MR) is 156 cm³/mol. The normalized spacial score (nSPS) is 25.5. The highest BCUT2D eigenvalue weighted by Gasteiger charge is 2.49. The lowest BCUT2D eigenvalue weighted by molar-refractivity contribution is -0.130. The van der Waals surface area contributed by atoms with E-state index >= 15 is 4.39 Å². The molecule has 4 aliphatic rings. The molecule has 4 aromatic rings. The van der Waals surface area contributed by atoms with Gasteiger partial charge in [-0.25, -0.2) is 4.39 Å². The van der Waals surface area contributed by atoms with Crippen LogP contribution >= 0.6 is 11.6 Å². The number of pyridine rings is 1. The van der Waals surface area contributed by atoms with E-state index in [1.54, 1.807) is 12.3 Å². The van der Waals surface area contributed by atoms with Crippen molar-refractivity contribution >= 4 is 45.0 Å². The van der Waals surface area contributed by atoms with E-state index in [4.69, 9.17) is 21.3 Å². The minimum absolute atomic E-state index is 0.131. The molecule has 0 saturated carbocycles. The molecule has 4 saturated heterocycles. The van der Waals surface area contributed by atoms with Crippen molar-refractivity contribution < 1.29 is 13.9 Å². The van der Waals surface area contributed by atoms with E-state index in [-0.39, 0.29) is 28.7 Å². The summed E-state index contributed by atoms with van der Waals surface area (Å²) in [6.07, 6.45) is 7.05. The van der Waals surface area contributed by atoms with Crippen molar-refractivity contribution in [3.05, 3.63) is 53.4 Å². The number of aromatic nitrogens is 3. The topological polar surface area (TPSA) is 83.5 Å². The number of carbonyl (C=O) groups excluding carboxylic acids is 1. The van der Waals surface area contributed by atoms with Crippen LogP contribution in [0, 0.1) is 5.82 Å². The molecule has 210 valence electrons. The van der Waals surface area contributed by atoms with Gasteiger partial charge in [0.1, 0.15) is 23.6 Å². The SMILES string of the molecule is O=C1CCC2(COc3nc(N4C[C@H]5CC[C@@H](C4)N5)c4cnc(-c5cccc6cccc(Cl)c56)c(F)c4n3)CCCN12. The van der Waals surface area contributed by atoms with E-state index in [0.29, 0.717) is 46.9 Å². The number of carbonyl (C=O) groups is 1. The molecule has 1 unspecified atom stereocenters. The van der Waals surface area contributed by atoms with Crippen LogP contribution in [0.2, 0.25) is 5.02 Å². The van der Waals surface area contributed by atoms with Crippen molar-refractivity contribution in [1.29, 1.82) is 0 Å². The number of amides is 1. The first-order chi connectivity index (χ1) is 20.0. The summed E-state index contributed by atoms with van der Waals surface area (Å²) in [5, 5.41) is 6.40. The van der Waals surface area contributed by atoms with Gasteiger partial charge >= 0.3 is 6.01 Å². The number of rotatable bonds is 5. The largest absolute Gasteiger partial charge is 0.461 e. The van der Waals surface area contributed by atoms with Gasteiger partial charge in [0.25, 0.3) is 0 Å². The summed E-state index contributed by atoms with van der Waals surface area (Å²) in [6.45, 7) is 2.61. The second-order valence-corrected chi connectivity index (χ2v) is 12.3. The van der Waals surface area contributed by atoms with Crippen molar-refractivity contribution in [1.82, 2.24) is 25.2 Å². The van der Waals surface area contributed by atoms with Crippen LogP contribution in [0.15, 0.2) is 42.6 Å². The maximum atomic E-state index is 16.6. The van der Waals surface area contributed by atoms with Gasteiger partial charge in [-0.1, -0.05) is 41.9 Å². The average Bonchev–Trinajstić information content (AvgIpc) is 3.65. The highest BCUT2D eigenvalue weighted by atomic mass is 35.5. The molecule has 2 aromatic carbocycles. The van der Waals surface area contributed by atoms with Gasteiger partial charge in [-0.2, -0.15) is 9.97 Å². The highest BCUT2D eigenvalue weighted by molar-refractivity contribution is 6.36. The second-order valence-electron chi connectivity index (χ2n) is 11.9. The maximum absolute atomic E-state index is 16.6. The van der Waals surface area contributed by atoms with Crippen LogP contribution in [0.1, 0.15) is 38.5 Å². The number of anilines is 1. The van der Waals surface area contributed by atoms with Gasteiger partial charge in [0.2, 0.25) is 5.91 Å². The van der Waals surface area contributed by atoms with Gasteiger partial charge in [-0.05, 0) is 43.6 Å². The number of hydrogen-bond donors (Lipinski definition) is 1. The van der Waals surface area contributed by atoms with E-state index < -0.39 is 5.82 Å². The monoisotopic (exact) mass is 572 g/mol. The van der Waals surface area contributed by atoms with E-state index in [1.807, 2.05) is 35.2 Å². The molecule has 0 spiro atoms. The Hall–Kier alpha value is -3.56. The van der Waals surface area contributed by atoms with E-state index in [9.17, 15) is 4.79 Å². The number of piperazine rings is 1. The zero-order chi connectivity index (χ0) is 27.7. The van der Waals surface area contributed by atoms with Crippen molar-refractivity contribution in [2.45, 2.75) is 56.1 Å². The molecule has 8 nitrogen and oxygen atoms in total. The van der Waals surface area contributed by atoms with Crippen molar-refractivity contribution in [3.8, 4) is 17.3 Å². The van der Waals surface area contributed by atoms with Crippen LogP contribution < -0.4 is 15.0 Å². The summed E-state index contributed by atoms with van der Waals surface area (Å²) < 4.78 is 22.9. The smallest absolute Gasteiger partial charge is 0.319 e. The lowest BCUT2D eigenvalue weighted by Crippen LogP contribution is -2.51. The van der Waals surface area contributed by atoms with Crippen LogP contribution in [-0.2, 0) is 4.79 Å². The first-order valence-electron chi connectivity index (χ1n) is 14.5. The third-order valence-electron chi connectivity index (χ3n) is 9.44. The zero-order valence-electron chi connectivity index (χ0n) is 22.6. The average molecular weight is 573 g/mol. The standard InChI is InChI=1S/C31H30ClFN6O2/c32-23-7-2-5-18-4-1-6-21(25(18)23)27-26(33)28-22(14-34-27)29(38-15-19-8-9-20(16-38)35-19)37-30(36-28)41-17-31-11-3-13-39(31)24(40)10-12-31/h1-2,4-7,14,19-20,35H,3,8-13,15-17H2/t19-,20+,31?. The van der Waals surface area contributed by atoms with Gasteiger partial charge in [-0.15, -0.1) is 0 Å². The van der Waals surface area contributed by atoms with E-state index in [1.165, 1.54) is 0 Å². The molecule has 1 N–H and O–H groups in total. The number of halogens is 2. The Labute approximate surface area is 241 Å². The molecular formula is C31H30ClFN6O2. The van der Waals surface area contributed by atoms with Gasteiger partial charge in [0.15, 0.2) is 5.82 Å². The van der Waals surface area contributed by atoms with Crippen LogP contribution in [0.25, 0.3) is 32.9 Å². The van der Waals surface area contributed by atoms with Crippen molar-refractivity contribution in [2.75, 3.05) is 31.1 Å². The number of ether oxygens (including phenoxy) is 1. The second kappa shape index (κ2) is 9.49. The minimum Gasteiger partial charge on any atom is -0.461 e. The summed E-state index contributed by atoms with van der Waals surface area (Å²) in [4.78, 5) is 30.8. The number of hydrogen-bond acceptors (Lipinski definition) is 7. The van der Waals surface area contributed by atoms with Gasteiger partial charge in [-0.3, -0.25) is 9.78 Å². The number of nitrogens with zero attached hydrogens (tertiary/aromatic N) is 5. The highest BCUT2D eigenvalue weighted by Crippen LogP contribution is 2.41. The van der Waals surface area contributed by atoms with Gasteiger partial charge in [0.05, 0.1) is 10.9 Å². The maximum Gasteiger partial charge on any atom is 0.319 e. The minimum atomic E-state index is -0.529. The molecule has 2 bridgehead atoms.